The number of hydrogen-bond acceptors (Lipinski definition) is 5. The summed E-state index contributed by atoms with van der Waals surface area (Å²) in [5, 5.41) is 2.87. The Bertz CT molecular complexity index is 536. The van der Waals surface area contributed by atoms with Crippen molar-refractivity contribution in [1.29, 1.82) is 0 Å². The van der Waals surface area contributed by atoms with Gasteiger partial charge in [0.05, 0.1) is 7.11 Å². The second kappa shape index (κ2) is 10.2. The molecular weight excluding hydrogens is 332 g/mol. The van der Waals surface area contributed by atoms with Gasteiger partial charge in [-0.25, -0.2) is 4.79 Å². The Hall–Kier alpha value is -1.79. The lowest BCUT2D eigenvalue weighted by atomic mass is 9.83. The van der Waals surface area contributed by atoms with Gasteiger partial charge in [-0.2, -0.15) is 0 Å². The number of benzene rings is 1. The number of anilines is 1. The normalized spacial score (nSPS) is 19.8. The average molecular weight is 357 g/mol. The van der Waals surface area contributed by atoms with Crippen LogP contribution in [-0.4, -0.2) is 31.6 Å². The minimum absolute atomic E-state index is 0. The predicted octanol–water partition coefficient (Wildman–Crippen LogP) is 2.51. The molecule has 1 aromatic carbocycles. The molecule has 1 fully saturated rings. The summed E-state index contributed by atoms with van der Waals surface area (Å²) in [5.41, 5.74) is 6.77. The van der Waals surface area contributed by atoms with E-state index in [9.17, 15) is 9.59 Å². The minimum atomic E-state index is -0.439. The summed E-state index contributed by atoms with van der Waals surface area (Å²) in [5.74, 6) is 0.357. The van der Waals surface area contributed by atoms with Gasteiger partial charge in [-0.15, -0.1) is 12.4 Å². The summed E-state index contributed by atoms with van der Waals surface area (Å²) in [4.78, 5) is 23.1. The van der Waals surface area contributed by atoms with E-state index in [1.807, 2.05) is 0 Å². The molecule has 134 valence electrons. The number of rotatable bonds is 6. The summed E-state index contributed by atoms with van der Waals surface area (Å²) in [6.07, 6.45) is 4.80. The van der Waals surface area contributed by atoms with E-state index in [1.54, 1.807) is 24.3 Å². The van der Waals surface area contributed by atoms with Gasteiger partial charge >= 0.3 is 5.97 Å². The molecule has 0 bridgehead atoms. The smallest absolute Gasteiger partial charge is 0.343 e. The number of amides is 1. The van der Waals surface area contributed by atoms with Crippen LogP contribution in [0.25, 0.3) is 0 Å². The van der Waals surface area contributed by atoms with Gasteiger partial charge in [-0.05, 0) is 43.0 Å². The number of halogens is 1. The highest BCUT2D eigenvalue weighted by molar-refractivity contribution is 5.90. The van der Waals surface area contributed by atoms with E-state index in [0.29, 0.717) is 17.9 Å². The molecule has 0 saturated heterocycles. The topological polar surface area (TPSA) is 90.6 Å². The highest BCUT2D eigenvalue weighted by Gasteiger charge is 2.24. The van der Waals surface area contributed by atoms with Gasteiger partial charge in [0.25, 0.3) is 0 Å². The van der Waals surface area contributed by atoms with Crippen molar-refractivity contribution in [3.8, 4) is 5.75 Å². The Morgan fingerprint density at radius 2 is 1.88 bits per heavy atom. The largest absolute Gasteiger partial charge is 0.482 e. The van der Waals surface area contributed by atoms with Crippen molar-refractivity contribution in [3.63, 3.8) is 0 Å². The van der Waals surface area contributed by atoms with E-state index in [0.717, 1.165) is 25.7 Å². The van der Waals surface area contributed by atoms with Crippen LogP contribution in [0, 0.1) is 5.92 Å². The van der Waals surface area contributed by atoms with Crippen LogP contribution in [0.15, 0.2) is 24.3 Å². The monoisotopic (exact) mass is 356 g/mol. The molecule has 6 nitrogen and oxygen atoms in total. The molecule has 1 saturated carbocycles. The van der Waals surface area contributed by atoms with Gasteiger partial charge in [0.15, 0.2) is 6.61 Å². The Balaban J connectivity index is 0.00000288. The van der Waals surface area contributed by atoms with Crippen LogP contribution in [0.5, 0.6) is 5.75 Å². The van der Waals surface area contributed by atoms with E-state index in [2.05, 4.69) is 10.1 Å². The number of methoxy groups -OCH3 is 1. The molecule has 1 aromatic rings. The first-order valence-electron chi connectivity index (χ1n) is 7.93. The zero-order chi connectivity index (χ0) is 16.7. The molecule has 0 aliphatic heterocycles. The third kappa shape index (κ3) is 6.37. The quantitative estimate of drug-likeness (QED) is 0.764. The van der Waals surface area contributed by atoms with E-state index in [1.165, 1.54) is 7.11 Å². The molecule has 0 heterocycles. The summed E-state index contributed by atoms with van der Waals surface area (Å²) in [6, 6.07) is 7.01. The number of nitrogens with one attached hydrogen (secondary N) is 1. The second-order valence-corrected chi connectivity index (χ2v) is 5.85. The summed E-state index contributed by atoms with van der Waals surface area (Å²) in [7, 11) is 1.31. The molecule has 2 unspecified atom stereocenters. The number of carbonyl (C=O) groups is 2. The fourth-order valence-electron chi connectivity index (χ4n) is 2.78. The van der Waals surface area contributed by atoms with Gasteiger partial charge in [-0.1, -0.05) is 12.8 Å². The third-order valence-corrected chi connectivity index (χ3v) is 4.14. The van der Waals surface area contributed by atoms with Crippen LogP contribution in [0.3, 0.4) is 0 Å². The van der Waals surface area contributed by atoms with Crippen LogP contribution in [0.4, 0.5) is 5.69 Å². The molecule has 1 aliphatic rings. The first kappa shape index (κ1) is 20.3. The average Bonchev–Trinajstić information content (AvgIpc) is 2.56. The number of esters is 1. The zero-order valence-corrected chi connectivity index (χ0v) is 14.6. The van der Waals surface area contributed by atoms with Gasteiger partial charge in [0.2, 0.25) is 5.91 Å². The van der Waals surface area contributed by atoms with Crippen molar-refractivity contribution >= 4 is 30.0 Å². The van der Waals surface area contributed by atoms with Gasteiger partial charge in [-0.3, -0.25) is 4.79 Å². The molecule has 24 heavy (non-hydrogen) atoms. The zero-order valence-electron chi connectivity index (χ0n) is 13.8. The molecule has 1 amide bonds. The van der Waals surface area contributed by atoms with Crippen LogP contribution in [-0.2, 0) is 14.3 Å². The van der Waals surface area contributed by atoms with E-state index in [-0.39, 0.29) is 36.9 Å². The summed E-state index contributed by atoms with van der Waals surface area (Å²) >= 11 is 0. The Morgan fingerprint density at radius 1 is 1.21 bits per heavy atom. The lowest BCUT2D eigenvalue weighted by molar-refractivity contribution is -0.142. The Kier molecular flexibility index (Phi) is 8.57. The molecule has 0 radical (unpaired) electrons. The standard InChI is InChI=1S/C17H24N2O4.ClH/c1-22-17(21)11-23-14-8-6-13(7-9-14)19-16(20)10-12-4-2-3-5-15(12)18;/h6-9,12,15H,2-5,10-11,18H2,1H3,(H,19,20);1H. The maximum absolute atomic E-state index is 12.1. The van der Waals surface area contributed by atoms with Crippen LogP contribution in [0.1, 0.15) is 32.1 Å². The maximum Gasteiger partial charge on any atom is 0.343 e. The Labute approximate surface area is 148 Å². The first-order valence-corrected chi connectivity index (χ1v) is 7.93. The molecule has 3 N–H and O–H groups in total. The van der Waals surface area contributed by atoms with Crippen LogP contribution < -0.4 is 15.8 Å². The summed E-state index contributed by atoms with van der Waals surface area (Å²) in [6.45, 7) is -0.137. The van der Waals surface area contributed by atoms with Gasteiger partial charge in [0, 0.05) is 18.2 Å². The van der Waals surface area contributed by atoms with E-state index < -0.39 is 5.97 Å². The molecule has 0 aromatic heterocycles. The SMILES string of the molecule is COC(=O)COc1ccc(NC(=O)CC2CCCCC2N)cc1.Cl. The van der Waals surface area contributed by atoms with E-state index in [4.69, 9.17) is 10.5 Å². The third-order valence-electron chi connectivity index (χ3n) is 4.14. The maximum atomic E-state index is 12.1. The second-order valence-electron chi connectivity index (χ2n) is 5.85. The minimum Gasteiger partial charge on any atom is -0.482 e. The predicted molar refractivity (Wildman–Crippen MR) is 94.4 cm³/mol. The summed E-state index contributed by atoms with van der Waals surface area (Å²) < 4.78 is 9.75. The highest BCUT2D eigenvalue weighted by atomic mass is 35.5. The molecular formula is C17H25ClN2O4. The van der Waals surface area contributed by atoms with Crippen LogP contribution >= 0.6 is 12.4 Å². The van der Waals surface area contributed by atoms with Crippen molar-refractivity contribution in [1.82, 2.24) is 0 Å². The number of carbonyl (C=O) groups excluding carboxylic acids is 2. The van der Waals surface area contributed by atoms with Crippen molar-refractivity contribution in [2.24, 2.45) is 11.7 Å². The first-order chi connectivity index (χ1) is 11.1. The fraction of sp³-hybridized carbons (Fsp3) is 0.529. The lowest BCUT2D eigenvalue weighted by Crippen LogP contribution is -2.35. The number of hydrogen-bond donors (Lipinski definition) is 2. The molecule has 2 atom stereocenters. The van der Waals surface area contributed by atoms with Crippen LogP contribution in [0.2, 0.25) is 0 Å². The van der Waals surface area contributed by atoms with E-state index >= 15 is 0 Å². The van der Waals surface area contributed by atoms with Gasteiger partial charge < -0.3 is 20.5 Å². The molecule has 1 aliphatic carbocycles. The van der Waals surface area contributed by atoms with Crippen molar-refractivity contribution in [3.05, 3.63) is 24.3 Å². The molecule has 7 heteroatoms. The fourth-order valence-corrected chi connectivity index (χ4v) is 2.78. The number of ether oxygens (including phenoxy) is 2. The number of nitrogens with two attached hydrogens (primary N) is 1. The molecule has 2 rings (SSSR count). The van der Waals surface area contributed by atoms with Crippen molar-refractivity contribution < 1.29 is 19.1 Å². The highest BCUT2D eigenvalue weighted by Crippen LogP contribution is 2.26. The van der Waals surface area contributed by atoms with Crippen molar-refractivity contribution in [2.45, 2.75) is 38.1 Å². The molecule has 0 spiro atoms. The van der Waals surface area contributed by atoms with Gasteiger partial charge in [0.1, 0.15) is 5.75 Å². The Morgan fingerprint density at radius 3 is 2.50 bits per heavy atom. The van der Waals surface area contributed by atoms with Crippen molar-refractivity contribution in [2.75, 3.05) is 19.0 Å². The lowest BCUT2D eigenvalue weighted by Gasteiger charge is -2.27.